The van der Waals surface area contributed by atoms with Crippen LogP contribution in [0.2, 0.25) is 0 Å². The largest absolute Gasteiger partial charge is 0.494 e. The van der Waals surface area contributed by atoms with E-state index in [9.17, 15) is 14.4 Å². The van der Waals surface area contributed by atoms with Gasteiger partial charge in [0.25, 0.3) is 0 Å². The monoisotopic (exact) mass is 540 g/mol. The lowest BCUT2D eigenvalue weighted by molar-refractivity contribution is -0.121. The van der Waals surface area contributed by atoms with Crippen LogP contribution >= 0.6 is 0 Å². The third kappa shape index (κ3) is 9.43. The summed E-state index contributed by atoms with van der Waals surface area (Å²) in [5, 5.41) is 0. The van der Waals surface area contributed by atoms with Crippen molar-refractivity contribution < 1.29 is 28.6 Å². The van der Waals surface area contributed by atoms with Crippen LogP contribution in [-0.4, -0.2) is 30.4 Å². The molecule has 0 amide bonds. The number of benzene rings is 3. The summed E-state index contributed by atoms with van der Waals surface area (Å²) in [5.74, 6) is 4.75. The molecule has 0 aromatic heterocycles. The van der Waals surface area contributed by atoms with E-state index >= 15 is 0 Å². The van der Waals surface area contributed by atoms with Crippen molar-refractivity contribution in [2.75, 3.05) is 6.61 Å². The Kier molecular flexibility index (Phi) is 12.0. The standard InChI is InChI=1S/C34H36O6/c1-4-6-8-10-24-38-30-20-16-27(17-21-30)26-12-14-28(15-13-26)34(37)40-31-22-18-29(19-23-31)33(36)39-25(3)32(35)11-9-7-5-2/h12-23,25H,4-8,10,24H2,1-3H3. The van der Waals surface area contributed by atoms with Crippen LogP contribution in [0, 0.1) is 11.8 Å². The summed E-state index contributed by atoms with van der Waals surface area (Å²) in [4.78, 5) is 37.0. The van der Waals surface area contributed by atoms with Crippen molar-refractivity contribution in [3.63, 3.8) is 0 Å². The Balaban J connectivity index is 1.51. The molecule has 1 unspecified atom stereocenters. The molecule has 0 aliphatic carbocycles. The highest BCUT2D eigenvalue weighted by molar-refractivity contribution is 6.01. The van der Waals surface area contributed by atoms with Crippen LogP contribution in [0.3, 0.4) is 0 Å². The number of esters is 2. The maximum atomic E-state index is 12.6. The zero-order valence-electron chi connectivity index (χ0n) is 23.4. The van der Waals surface area contributed by atoms with Crippen molar-refractivity contribution in [2.45, 2.75) is 65.4 Å². The third-order valence-electron chi connectivity index (χ3n) is 6.12. The van der Waals surface area contributed by atoms with Crippen molar-refractivity contribution in [3.05, 3.63) is 83.9 Å². The minimum Gasteiger partial charge on any atom is -0.494 e. The number of carbonyl (C=O) groups is 3. The second kappa shape index (κ2) is 15.9. The van der Waals surface area contributed by atoms with Gasteiger partial charge in [-0.2, -0.15) is 0 Å². The number of carbonyl (C=O) groups excluding carboxylic acids is 3. The van der Waals surface area contributed by atoms with Gasteiger partial charge in [0.1, 0.15) is 11.5 Å². The van der Waals surface area contributed by atoms with Gasteiger partial charge >= 0.3 is 11.9 Å². The highest BCUT2D eigenvalue weighted by Gasteiger charge is 2.18. The summed E-state index contributed by atoms with van der Waals surface area (Å²) in [6.45, 7) is 6.36. The molecule has 6 heteroatoms. The van der Waals surface area contributed by atoms with Gasteiger partial charge in [-0.25, -0.2) is 9.59 Å². The Morgan fingerprint density at radius 3 is 1.90 bits per heavy atom. The van der Waals surface area contributed by atoms with E-state index in [1.165, 1.54) is 50.5 Å². The highest BCUT2D eigenvalue weighted by Crippen LogP contribution is 2.24. The smallest absolute Gasteiger partial charge is 0.343 e. The quantitative estimate of drug-likeness (QED) is 0.0737. The van der Waals surface area contributed by atoms with Gasteiger partial charge in [0.2, 0.25) is 5.78 Å². The Morgan fingerprint density at radius 2 is 1.27 bits per heavy atom. The molecule has 0 aliphatic heterocycles. The van der Waals surface area contributed by atoms with Crippen molar-refractivity contribution in [1.29, 1.82) is 0 Å². The average Bonchev–Trinajstić information content (AvgIpc) is 2.98. The minimum absolute atomic E-state index is 0.234. The van der Waals surface area contributed by atoms with Crippen LogP contribution in [0.1, 0.15) is 80.0 Å². The van der Waals surface area contributed by atoms with Gasteiger partial charge in [-0.3, -0.25) is 4.79 Å². The zero-order valence-corrected chi connectivity index (χ0v) is 23.4. The number of hydrogen-bond donors (Lipinski definition) is 0. The summed E-state index contributed by atoms with van der Waals surface area (Å²) in [6.07, 6.45) is 5.16. The topological polar surface area (TPSA) is 78.9 Å². The number of ketones is 1. The predicted octanol–water partition coefficient (Wildman–Crippen LogP) is 7.45. The Bertz CT molecular complexity index is 1310. The first-order valence-corrected chi connectivity index (χ1v) is 13.8. The minimum atomic E-state index is -0.969. The van der Waals surface area contributed by atoms with E-state index in [0.717, 1.165) is 36.3 Å². The molecule has 0 bridgehead atoms. The molecule has 3 aromatic carbocycles. The molecule has 0 spiro atoms. The fourth-order valence-corrected chi connectivity index (χ4v) is 3.74. The van der Waals surface area contributed by atoms with Crippen LogP contribution in [0.25, 0.3) is 11.1 Å². The Labute approximate surface area is 236 Å². The molecular formula is C34H36O6. The molecule has 3 aromatic rings. The van der Waals surface area contributed by atoms with Gasteiger partial charge in [0, 0.05) is 6.42 Å². The van der Waals surface area contributed by atoms with Crippen molar-refractivity contribution in [3.8, 4) is 34.5 Å². The highest BCUT2D eigenvalue weighted by atomic mass is 16.5. The number of ether oxygens (including phenoxy) is 3. The maximum Gasteiger partial charge on any atom is 0.343 e. The molecule has 0 fully saturated rings. The lowest BCUT2D eigenvalue weighted by Gasteiger charge is -2.10. The van der Waals surface area contributed by atoms with Gasteiger partial charge in [0.05, 0.1) is 17.7 Å². The van der Waals surface area contributed by atoms with E-state index < -0.39 is 23.8 Å². The first-order valence-electron chi connectivity index (χ1n) is 13.8. The van der Waals surface area contributed by atoms with Gasteiger partial charge in [-0.05, 0) is 85.3 Å². The fraction of sp³-hybridized carbons (Fsp3) is 0.324. The van der Waals surface area contributed by atoms with E-state index in [-0.39, 0.29) is 11.3 Å². The van der Waals surface area contributed by atoms with E-state index in [1.54, 1.807) is 12.1 Å². The predicted molar refractivity (Wildman–Crippen MR) is 155 cm³/mol. The average molecular weight is 541 g/mol. The third-order valence-corrected chi connectivity index (χ3v) is 6.12. The number of Topliss-reactive ketones (excluding diaryl/α,β-unsaturated/α-hetero) is 1. The second-order valence-corrected chi connectivity index (χ2v) is 9.39. The van der Waals surface area contributed by atoms with Crippen molar-refractivity contribution in [2.24, 2.45) is 0 Å². The summed E-state index contributed by atoms with van der Waals surface area (Å²) < 4.78 is 16.5. The van der Waals surface area contributed by atoms with Crippen LogP contribution in [0.15, 0.2) is 72.8 Å². The molecule has 208 valence electrons. The van der Waals surface area contributed by atoms with Gasteiger partial charge in [0.15, 0.2) is 6.10 Å². The van der Waals surface area contributed by atoms with Crippen LogP contribution in [0.4, 0.5) is 0 Å². The number of unbranched alkanes of at least 4 members (excludes halogenated alkanes) is 4. The van der Waals surface area contributed by atoms with Gasteiger partial charge in [-0.15, -0.1) is 0 Å². The lowest BCUT2D eigenvalue weighted by Crippen LogP contribution is -2.23. The molecule has 0 saturated carbocycles. The molecule has 0 radical (unpaired) electrons. The molecule has 1 atom stereocenters. The molecule has 6 nitrogen and oxygen atoms in total. The first-order chi connectivity index (χ1) is 19.4. The van der Waals surface area contributed by atoms with Gasteiger partial charge in [-0.1, -0.05) is 63.3 Å². The molecule has 0 N–H and O–H groups in total. The fourth-order valence-electron chi connectivity index (χ4n) is 3.74. The molecule has 0 saturated heterocycles. The number of hydrogen-bond acceptors (Lipinski definition) is 6. The Hall–Kier alpha value is -4.37. The van der Waals surface area contributed by atoms with Crippen LogP contribution < -0.4 is 9.47 Å². The second-order valence-electron chi connectivity index (χ2n) is 9.39. The molecule has 3 rings (SSSR count). The normalized spacial score (nSPS) is 11.1. The number of rotatable bonds is 13. The molecule has 0 heterocycles. The summed E-state index contributed by atoms with van der Waals surface area (Å²) in [5.41, 5.74) is 2.62. The van der Waals surface area contributed by atoms with Crippen LogP contribution in [-0.2, 0) is 9.53 Å². The molecular weight excluding hydrogens is 504 g/mol. The summed E-state index contributed by atoms with van der Waals surface area (Å²) >= 11 is 0. The van der Waals surface area contributed by atoms with E-state index in [4.69, 9.17) is 14.2 Å². The summed E-state index contributed by atoms with van der Waals surface area (Å²) in [7, 11) is 0. The molecule has 40 heavy (non-hydrogen) atoms. The molecule has 0 aliphatic rings. The zero-order chi connectivity index (χ0) is 28.7. The Morgan fingerprint density at radius 1 is 0.700 bits per heavy atom. The van der Waals surface area contributed by atoms with Crippen LogP contribution in [0.5, 0.6) is 11.5 Å². The van der Waals surface area contributed by atoms with E-state index in [0.29, 0.717) is 12.0 Å². The SMILES string of the molecule is CCCC#CC(=O)C(C)OC(=O)c1ccc(OC(=O)c2ccc(-c3ccc(OCCCCCC)cc3)cc2)cc1. The van der Waals surface area contributed by atoms with E-state index in [1.807, 2.05) is 43.3 Å². The van der Waals surface area contributed by atoms with Crippen molar-refractivity contribution >= 4 is 17.7 Å². The van der Waals surface area contributed by atoms with E-state index in [2.05, 4.69) is 18.8 Å². The lowest BCUT2D eigenvalue weighted by atomic mass is 10.0. The maximum absolute atomic E-state index is 12.6. The first kappa shape index (κ1) is 30.2. The van der Waals surface area contributed by atoms with Gasteiger partial charge < -0.3 is 14.2 Å². The summed E-state index contributed by atoms with van der Waals surface area (Å²) in [6, 6.07) is 21.0. The van der Waals surface area contributed by atoms with Crippen molar-refractivity contribution in [1.82, 2.24) is 0 Å².